The molecule has 0 amide bonds. The van der Waals surface area contributed by atoms with Crippen molar-refractivity contribution in [1.82, 2.24) is 9.88 Å². The Kier molecular flexibility index (Phi) is 4.38. The smallest absolute Gasteiger partial charge is 0.209 e. The average molecular weight is 284 g/mol. The van der Waals surface area contributed by atoms with Crippen molar-refractivity contribution < 1.29 is 8.42 Å². The molecule has 0 atom stereocenters. The molecule has 1 aliphatic heterocycles. The van der Waals surface area contributed by atoms with Gasteiger partial charge in [-0.05, 0) is 25.1 Å². The summed E-state index contributed by atoms with van der Waals surface area (Å²) in [6, 6.07) is 3.87. The molecular formula is C12H20N4O2S. The Morgan fingerprint density at radius 3 is 2.47 bits per heavy atom. The van der Waals surface area contributed by atoms with Crippen LogP contribution in [0.1, 0.15) is 5.56 Å². The summed E-state index contributed by atoms with van der Waals surface area (Å²) in [4.78, 5) is 8.93. The third-order valence-corrected chi connectivity index (χ3v) is 4.08. The van der Waals surface area contributed by atoms with E-state index in [2.05, 4.69) is 21.8 Å². The third-order valence-electron chi connectivity index (χ3n) is 3.31. The summed E-state index contributed by atoms with van der Waals surface area (Å²) < 4.78 is 21.8. The van der Waals surface area contributed by atoms with Gasteiger partial charge in [-0.2, -0.15) is 0 Å². The van der Waals surface area contributed by atoms with Gasteiger partial charge in [0, 0.05) is 32.4 Å². The topological polar surface area (TPSA) is 79.5 Å². The van der Waals surface area contributed by atoms with E-state index >= 15 is 0 Å². The highest BCUT2D eigenvalue weighted by atomic mass is 32.2. The summed E-state index contributed by atoms with van der Waals surface area (Å²) in [6.07, 6.45) is 2.15. The number of rotatable bonds is 4. The molecule has 0 bridgehead atoms. The quantitative estimate of drug-likeness (QED) is 0.818. The van der Waals surface area contributed by atoms with Crippen LogP contribution >= 0.6 is 0 Å². The highest BCUT2D eigenvalue weighted by Crippen LogP contribution is 2.13. The number of hydrogen-bond acceptors (Lipinski definition) is 5. The van der Waals surface area contributed by atoms with Gasteiger partial charge in [0.2, 0.25) is 10.0 Å². The largest absolute Gasteiger partial charge is 0.354 e. The molecule has 6 nitrogen and oxygen atoms in total. The number of likely N-dealkylation sites (N-methyl/N-ethyl adjacent to an activating group) is 1. The predicted octanol–water partition coefficient (Wildman–Crippen LogP) is -0.336. The Morgan fingerprint density at radius 2 is 1.95 bits per heavy atom. The van der Waals surface area contributed by atoms with Gasteiger partial charge >= 0.3 is 0 Å². The van der Waals surface area contributed by atoms with Crippen LogP contribution in [-0.2, 0) is 16.4 Å². The second-order valence-corrected chi connectivity index (χ2v) is 6.67. The number of sulfonamides is 1. The van der Waals surface area contributed by atoms with Crippen LogP contribution in [0, 0.1) is 0 Å². The van der Waals surface area contributed by atoms with E-state index < -0.39 is 10.0 Å². The molecule has 2 heterocycles. The zero-order valence-electron chi connectivity index (χ0n) is 11.1. The molecule has 1 fully saturated rings. The second-order valence-electron chi connectivity index (χ2n) is 4.93. The first-order chi connectivity index (χ1) is 8.94. The fourth-order valence-corrected chi connectivity index (χ4v) is 2.57. The summed E-state index contributed by atoms with van der Waals surface area (Å²) in [7, 11) is -1.29. The molecule has 0 spiro atoms. The molecule has 2 rings (SSSR count). The summed E-state index contributed by atoms with van der Waals surface area (Å²) in [5.41, 5.74) is 0.895. The lowest BCUT2D eigenvalue weighted by Crippen LogP contribution is -2.44. The summed E-state index contributed by atoms with van der Waals surface area (Å²) in [6.45, 7) is 4.02. The fourth-order valence-electron chi connectivity index (χ4n) is 2.05. The normalized spacial score (nSPS) is 17.7. The fraction of sp³-hybridized carbons (Fsp3) is 0.583. The van der Waals surface area contributed by atoms with E-state index in [1.807, 2.05) is 12.1 Å². The predicted molar refractivity (Wildman–Crippen MR) is 75.6 cm³/mol. The molecule has 106 valence electrons. The molecule has 1 aromatic rings. The second kappa shape index (κ2) is 5.85. The van der Waals surface area contributed by atoms with Crippen LogP contribution in [0.25, 0.3) is 0 Å². The molecule has 0 aromatic carbocycles. The van der Waals surface area contributed by atoms with Gasteiger partial charge in [-0.1, -0.05) is 6.07 Å². The van der Waals surface area contributed by atoms with Gasteiger partial charge in [0.25, 0.3) is 0 Å². The van der Waals surface area contributed by atoms with Crippen molar-refractivity contribution in [2.75, 3.05) is 43.9 Å². The Morgan fingerprint density at radius 1 is 1.26 bits per heavy atom. The summed E-state index contributed by atoms with van der Waals surface area (Å²) in [5, 5.41) is 4.98. The van der Waals surface area contributed by atoms with Crippen molar-refractivity contribution >= 4 is 15.8 Å². The molecule has 0 aliphatic carbocycles. The van der Waals surface area contributed by atoms with Crippen LogP contribution in [0.2, 0.25) is 0 Å². The van der Waals surface area contributed by atoms with Crippen LogP contribution in [0.15, 0.2) is 18.3 Å². The van der Waals surface area contributed by atoms with E-state index in [1.165, 1.54) is 0 Å². The van der Waals surface area contributed by atoms with Gasteiger partial charge in [-0.25, -0.2) is 18.5 Å². The van der Waals surface area contributed by atoms with Crippen LogP contribution in [-0.4, -0.2) is 57.3 Å². The van der Waals surface area contributed by atoms with Gasteiger partial charge in [0.1, 0.15) is 5.82 Å². The van der Waals surface area contributed by atoms with Crippen molar-refractivity contribution in [1.29, 1.82) is 0 Å². The minimum Gasteiger partial charge on any atom is -0.354 e. The minimum absolute atomic E-state index is 0.0392. The molecule has 19 heavy (non-hydrogen) atoms. The summed E-state index contributed by atoms with van der Waals surface area (Å²) >= 11 is 0. The van der Waals surface area contributed by atoms with Crippen molar-refractivity contribution in [2.24, 2.45) is 5.14 Å². The van der Waals surface area contributed by atoms with Gasteiger partial charge in [0.05, 0.1) is 5.75 Å². The first-order valence-electron chi connectivity index (χ1n) is 6.33. The molecule has 1 saturated heterocycles. The van der Waals surface area contributed by atoms with E-state index in [0.29, 0.717) is 6.42 Å². The van der Waals surface area contributed by atoms with Gasteiger partial charge in [-0.3, -0.25) is 0 Å². The maximum absolute atomic E-state index is 10.9. The van der Waals surface area contributed by atoms with Gasteiger partial charge in [0.15, 0.2) is 0 Å². The van der Waals surface area contributed by atoms with E-state index in [9.17, 15) is 8.42 Å². The van der Waals surface area contributed by atoms with Crippen molar-refractivity contribution in [3.8, 4) is 0 Å². The molecular weight excluding hydrogens is 264 g/mol. The standard InChI is InChI=1S/C12H20N4O2S/c1-15-5-7-16(8-6-15)12-3-2-11(10-14-12)4-9-19(13,17)18/h2-3,10H,4-9H2,1H3,(H2,13,17,18). The Labute approximate surface area is 114 Å². The lowest BCUT2D eigenvalue weighted by molar-refractivity contribution is 0.312. The maximum atomic E-state index is 10.9. The maximum Gasteiger partial charge on any atom is 0.209 e. The number of nitrogens with zero attached hydrogens (tertiary/aromatic N) is 3. The number of primary sulfonamides is 1. The van der Waals surface area contributed by atoms with E-state index in [1.54, 1.807) is 6.20 Å². The van der Waals surface area contributed by atoms with Crippen LogP contribution in [0.4, 0.5) is 5.82 Å². The van der Waals surface area contributed by atoms with Crippen LogP contribution in [0.5, 0.6) is 0 Å². The first-order valence-corrected chi connectivity index (χ1v) is 8.04. The monoisotopic (exact) mass is 284 g/mol. The average Bonchev–Trinajstić information content (AvgIpc) is 2.37. The number of nitrogens with two attached hydrogens (primary N) is 1. The van der Waals surface area contributed by atoms with E-state index in [4.69, 9.17) is 5.14 Å². The molecule has 0 saturated carbocycles. The minimum atomic E-state index is -3.40. The van der Waals surface area contributed by atoms with Crippen LogP contribution in [0.3, 0.4) is 0 Å². The molecule has 1 aromatic heterocycles. The zero-order chi connectivity index (χ0) is 13.9. The Balaban J connectivity index is 1.94. The number of hydrogen-bond donors (Lipinski definition) is 1. The van der Waals surface area contributed by atoms with Crippen molar-refractivity contribution in [3.63, 3.8) is 0 Å². The zero-order valence-corrected chi connectivity index (χ0v) is 11.9. The number of aromatic nitrogens is 1. The lowest BCUT2D eigenvalue weighted by atomic mass is 10.2. The SMILES string of the molecule is CN1CCN(c2ccc(CCS(N)(=O)=O)cn2)CC1. The number of aryl methyl sites for hydroxylation is 1. The first kappa shape index (κ1) is 14.2. The highest BCUT2D eigenvalue weighted by Gasteiger charge is 2.15. The molecule has 0 unspecified atom stereocenters. The number of piperazine rings is 1. The molecule has 2 N–H and O–H groups in total. The van der Waals surface area contributed by atoms with Gasteiger partial charge in [-0.15, -0.1) is 0 Å². The van der Waals surface area contributed by atoms with Crippen molar-refractivity contribution in [2.45, 2.75) is 6.42 Å². The van der Waals surface area contributed by atoms with Crippen LogP contribution < -0.4 is 10.0 Å². The Bertz CT molecular complexity index is 507. The molecule has 0 radical (unpaired) electrons. The number of pyridine rings is 1. The lowest BCUT2D eigenvalue weighted by Gasteiger charge is -2.33. The van der Waals surface area contributed by atoms with E-state index in [0.717, 1.165) is 37.6 Å². The third kappa shape index (κ3) is 4.45. The van der Waals surface area contributed by atoms with Gasteiger partial charge < -0.3 is 9.80 Å². The van der Waals surface area contributed by atoms with E-state index in [-0.39, 0.29) is 5.75 Å². The molecule has 7 heteroatoms. The number of anilines is 1. The molecule has 1 aliphatic rings. The Hall–Kier alpha value is -1.18. The highest BCUT2D eigenvalue weighted by molar-refractivity contribution is 7.89. The van der Waals surface area contributed by atoms with Crippen molar-refractivity contribution in [3.05, 3.63) is 23.9 Å². The summed E-state index contributed by atoms with van der Waals surface area (Å²) in [5.74, 6) is 0.912.